The third-order valence-electron chi connectivity index (χ3n) is 15.5. The van der Waals surface area contributed by atoms with Crippen molar-refractivity contribution in [3.63, 3.8) is 0 Å². The van der Waals surface area contributed by atoms with Crippen LogP contribution in [0.4, 0.5) is 4.39 Å². The monoisotopic (exact) mass is 1230 g/mol. The van der Waals surface area contributed by atoms with Crippen molar-refractivity contribution in [3.05, 3.63) is 225 Å². The number of fused-ring (bicyclic) bond motifs is 1. The summed E-state index contributed by atoms with van der Waals surface area (Å²) < 4.78 is 66.1. The van der Waals surface area contributed by atoms with Crippen LogP contribution in [-0.4, -0.2) is 75.6 Å². The summed E-state index contributed by atoms with van der Waals surface area (Å²) in [5.41, 5.74) is 5.62. The van der Waals surface area contributed by atoms with E-state index in [9.17, 15) is 14.3 Å². The zero-order valence-electron chi connectivity index (χ0n) is 49.5. The van der Waals surface area contributed by atoms with Crippen molar-refractivity contribution in [1.29, 1.82) is 0 Å². The van der Waals surface area contributed by atoms with E-state index in [1.54, 1.807) is 32.4 Å². The van der Waals surface area contributed by atoms with Crippen molar-refractivity contribution in [2.24, 2.45) is 0 Å². The first-order valence-corrected chi connectivity index (χ1v) is 32.5. The molecule has 12 nitrogen and oxygen atoms in total. The number of methoxy groups -OCH3 is 2. The minimum Gasteiger partial charge on any atom is -0.543 e. The number of hydrogen-bond acceptors (Lipinski definition) is 12. The van der Waals surface area contributed by atoms with Crippen molar-refractivity contribution in [2.75, 3.05) is 34.0 Å². The maximum Gasteiger partial charge on any atom is 0.345 e. The number of aliphatic carboxylic acids is 1. The first-order chi connectivity index (χ1) is 41.3. The average Bonchev–Trinajstić information content (AvgIpc) is 2.52. The Labute approximate surface area is 517 Å². The largest absolute Gasteiger partial charge is 0.543 e. The zero-order chi connectivity index (χ0) is 61.3. The quantitative estimate of drug-likeness (QED) is 0.0239. The van der Waals surface area contributed by atoms with Crippen LogP contribution in [-0.2, 0) is 32.9 Å². The molecule has 86 heavy (non-hydrogen) atoms. The molecule has 0 aliphatic rings. The van der Waals surface area contributed by atoms with Gasteiger partial charge in [-0.25, -0.2) is 19.2 Å². The van der Waals surface area contributed by atoms with Gasteiger partial charge in [0.15, 0.2) is 5.75 Å². The molecule has 0 amide bonds. The molecule has 0 aliphatic carbocycles. The van der Waals surface area contributed by atoms with Crippen LogP contribution in [0, 0.1) is 19.7 Å². The Morgan fingerprint density at radius 2 is 1.33 bits per heavy atom. The molecule has 0 radical (unpaired) electrons. The van der Waals surface area contributed by atoms with Crippen LogP contribution in [0.1, 0.15) is 59.7 Å². The van der Waals surface area contributed by atoms with Gasteiger partial charge in [-0.15, -0.1) is 17.9 Å². The Morgan fingerprint density at radius 1 is 0.744 bits per heavy atom. The molecule has 0 fully saturated rings. The van der Waals surface area contributed by atoms with Gasteiger partial charge in [0.2, 0.25) is 20.3 Å². The number of hydrogen-bond donors (Lipinski definition) is 1. The second kappa shape index (κ2) is 27.3. The molecule has 0 saturated heterocycles. The Kier molecular flexibility index (Phi) is 19.9. The molecule has 7 aromatic carbocycles. The van der Waals surface area contributed by atoms with Crippen LogP contribution >= 0.6 is 34.5 Å². The van der Waals surface area contributed by atoms with Gasteiger partial charge in [-0.2, -0.15) is 0 Å². The topological polar surface area (TPSA) is 137 Å². The van der Waals surface area contributed by atoms with E-state index in [4.69, 9.17) is 65.8 Å². The van der Waals surface area contributed by atoms with E-state index in [0.29, 0.717) is 71.5 Å². The molecule has 1 N–H and O–H groups in total. The Hall–Kier alpha value is -7.76. The minimum atomic E-state index is -2.34. The number of benzene rings is 7. The summed E-state index contributed by atoms with van der Waals surface area (Å²) in [7, 11) is 0.902. The molecule has 2 aromatic heterocycles. The summed E-state index contributed by atoms with van der Waals surface area (Å²) in [6.45, 7) is 18.8. The Balaban J connectivity index is 1.13. The highest BCUT2D eigenvalue weighted by Crippen LogP contribution is 2.53. The number of carboxylic acid groups (broad SMARTS) is 1. The fourth-order valence-electron chi connectivity index (χ4n) is 9.93. The van der Waals surface area contributed by atoms with Crippen LogP contribution in [0.15, 0.2) is 171 Å². The van der Waals surface area contributed by atoms with Gasteiger partial charge in [0.25, 0.3) is 0 Å². The minimum absolute atomic E-state index is 0.0129. The molecule has 0 spiro atoms. The summed E-state index contributed by atoms with van der Waals surface area (Å²) in [6.07, 6.45) is 0.517. The number of rotatable bonds is 26. The van der Waals surface area contributed by atoms with Gasteiger partial charge in [-0.05, 0) is 131 Å². The molecule has 2 atom stereocenters. The number of aromatic nitrogens is 2. The summed E-state index contributed by atoms with van der Waals surface area (Å²) in [6, 6.07) is 46.7. The molecule has 2 unspecified atom stereocenters. The standard InChI is InChI=1S/C69H69Cl2FN2O10SSi/c1-11-36-79-40-55(41-81-69(48-20-16-13-17-21-48,49-24-30-52(77-7)31-25-49)50-26-32-53(78-8)33-27-50)82-63-61(70)43(2)58(44(3)62(63)71)59-60-65(73-42-74-66(60)85-64(59)46-22-28-51(72)29-23-46)83-57(67(75)76)38-47-37-54(84-86(9,10)68(4,5)6)34-35-56(47)80-39-45-18-14-12-15-19-45/h11-35,37,42,55,57H,1,36,38-41H2,2-10H3,(H,75,76). The van der Waals surface area contributed by atoms with Gasteiger partial charge in [-0.1, -0.05) is 147 Å². The molecule has 0 aliphatic heterocycles. The van der Waals surface area contributed by atoms with E-state index >= 15 is 0 Å². The predicted molar refractivity (Wildman–Crippen MR) is 342 cm³/mol. The average molecular weight is 1240 g/mol. The summed E-state index contributed by atoms with van der Waals surface area (Å²) in [5, 5.41) is 11.7. The first-order valence-electron chi connectivity index (χ1n) is 28.0. The normalized spacial score (nSPS) is 12.6. The second-order valence-corrected chi connectivity index (χ2v) is 28.7. The van der Waals surface area contributed by atoms with Crippen molar-refractivity contribution in [3.8, 4) is 56.2 Å². The van der Waals surface area contributed by atoms with E-state index in [1.165, 1.54) is 29.8 Å². The van der Waals surface area contributed by atoms with Crippen LogP contribution in [0.25, 0.3) is 31.8 Å². The van der Waals surface area contributed by atoms with E-state index in [0.717, 1.165) is 22.3 Å². The second-order valence-electron chi connectivity index (χ2n) is 22.2. The lowest BCUT2D eigenvalue weighted by atomic mass is 9.80. The van der Waals surface area contributed by atoms with Gasteiger partial charge < -0.3 is 42.7 Å². The maximum absolute atomic E-state index is 14.7. The van der Waals surface area contributed by atoms with Gasteiger partial charge in [0.1, 0.15) is 58.3 Å². The van der Waals surface area contributed by atoms with Crippen LogP contribution in [0.5, 0.6) is 34.6 Å². The van der Waals surface area contributed by atoms with Gasteiger partial charge >= 0.3 is 5.97 Å². The lowest BCUT2D eigenvalue weighted by molar-refractivity contribution is -0.145. The van der Waals surface area contributed by atoms with Crippen molar-refractivity contribution >= 4 is 59.0 Å². The summed E-state index contributed by atoms with van der Waals surface area (Å²) in [4.78, 5) is 24.1. The molecule has 2 heterocycles. The number of carbonyl (C=O) groups is 1. The predicted octanol–water partition coefficient (Wildman–Crippen LogP) is 17.1. The van der Waals surface area contributed by atoms with Gasteiger partial charge in [-0.3, -0.25) is 0 Å². The van der Waals surface area contributed by atoms with Crippen LogP contribution < -0.4 is 28.1 Å². The lowest BCUT2D eigenvalue weighted by Crippen LogP contribution is -2.43. The number of nitrogens with zero attached hydrogens (tertiary/aromatic N) is 2. The van der Waals surface area contributed by atoms with E-state index in [1.807, 2.05) is 141 Å². The molecule has 9 rings (SSSR count). The molecule has 0 saturated carbocycles. The Morgan fingerprint density at radius 3 is 1.90 bits per heavy atom. The lowest BCUT2D eigenvalue weighted by Gasteiger charge is -2.37. The molecular formula is C69H69Cl2FN2O10SSi. The molecule has 446 valence electrons. The molecule has 17 heteroatoms. The molecule has 0 bridgehead atoms. The fraction of sp³-hybridized carbons (Fsp3) is 0.261. The van der Waals surface area contributed by atoms with Crippen molar-refractivity contribution in [2.45, 2.75) is 83.6 Å². The molecule has 9 aromatic rings. The van der Waals surface area contributed by atoms with Gasteiger partial charge in [0, 0.05) is 22.4 Å². The van der Waals surface area contributed by atoms with Crippen molar-refractivity contribution < 1.29 is 51.9 Å². The SMILES string of the molecule is C=CCOCC(COC(c1ccccc1)(c1ccc(OC)cc1)c1ccc(OC)cc1)Oc1c(Cl)c(C)c(-c2c(-c3ccc(F)cc3)sc3ncnc(OC(Cc4cc(O[Si](C)(C)C(C)(C)C)ccc4OCc4ccccc4)C(=O)O)c23)c(C)c1Cl. The zero-order valence-corrected chi connectivity index (χ0v) is 52.9. The number of ether oxygens (including phenoxy) is 7. The third-order valence-corrected chi connectivity index (χ3v) is 21.9. The van der Waals surface area contributed by atoms with Crippen molar-refractivity contribution in [1.82, 2.24) is 9.97 Å². The first kappa shape index (κ1) is 62.8. The maximum atomic E-state index is 14.7. The highest BCUT2D eigenvalue weighted by molar-refractivity contribution is 7.22. The molecular weight excluding hydrogens is 1170 g/mol. The highest BCUT2D eigenvalue weighted by Gasteiger charge is 2.41. The third kappa shape index (κ3) is 13.7. The van der Waals surface area contributed by atoms with E-state index in [-0.39, 0.29) is 59.6 Å². The Bertz CT molecular complexity index is 3730. The fourth-order valence-corrected chi connectivity index (χ4v) is 12.6. The summed E-state index contributed by atoms with van der Waals surface area (Å²) in [5.74, 6) is 0.893. The van der Waals surface area contributed by atoms with Gasteiger partial charge in [0.05, 0.1) is 49.5 Å². The highest BCUT2D eigenvalue weighted by atomic mass is 35.5. The van der Waals surface area contributed by atoms with Crippen LogP contribution in [0.2, 0.25) is 28.2 Å². The number of thiophene rings is 1. The summed E-state index contributed by atoms with van der Waals surface area (Å²) >= 11 is 16.5. The number of carboxylic acids is 1. The number of halogens is 3. The smallest absolute Gasteiger partial charge is 0.345 e. The van der Waals surface area contributed by atoms with E-state index < -0.39 is 37.9 Å². The van der Waals surface area contributed by atoms with Crippen LogP contribution in [0.3, 0.4) is 0 Å². The van der Waals surface area contributed by atoms with E-state index in [2.05, 4.69) is 45.4 Å².